The zero-order valence-electron chi connectivity index (χ0n) is 16.6. The van der Waals surface area contributed by atoms with Crippen molar-refractivity contribution in [3.8, 4) is 0 Å². The molecule has 1 aromatic heterocycles. The number of nitrogens with zero attached hydrogens (tertiary/aromatic N) is 3. The maximum atomic E-state index is 12.9. The second kappa shape index (κ2) is 10.9. The van der Waals surface area contributed by atoms with Crippen molar-refractivity contribution in [1.29, 1.82) is 0 Å². The number of hydrogen-bond acceptors (Lipinski definition) is 4. The molecule has 0 bridgehead atoms. The topological polar surface area (TPSA) is 83.4 Å². The van der Waals surface area contributed by atoms with E-state index in [2.05, 4.69) is 9.97 Å². The van der Waals surface area contributed by atoms with E-state index >= 15 is 0 Å². The number of hydrogen-bond donors (Lipinski definition) is 1. The molecule has 1 fully saturated rings. The number of anilines is 1. The van der Waals surface area contributed by atoms with Gasteiger partial charge in [-0.2, -0.15) is 0 Å². The number of carbonyl (C=O) groups is 2. The number of aromatic nitrogens is 2. The summed E-state index contributed by atoms with van der Waals surface area (Å²) in [6.07, 6.45) is 4.10. The van der Waals surface area contributed by atoms with Crippen LogP contribution in [0.5, 0.6) is 0 Å². The Morgan fingerprint density at radius 3 is 2.10 bits per heavy atom. The van der Waals surface area contributed by atoms with Gasteiger partial charge in [0.1, 0.15) is 0 Å². The summed E-state index contributed by atoms with van der Waals surface area (Å²) in [5.41, 5.74) is 0.925. The van der Waals surface area contributed by atoms with Crippen LogP contribution in [0.2, 0.25) is 10.0 Å². The van der Waals surface area contributed by atoms with E-state index in [1.807, 2.05) is 42.5 Å². The van der Waals surface area contributed by atoms with Gasteiger partial charge in [-0.25, -0.2) is 9.97 Å². The number of aliphatic carboxylic acids is 1. The van der Waals surface area contributed by atoms with Gasteiger partial charge in [0.25, 0.3) is 0 Å². The van der Waals surface area contributed by atoms with Crippen LogP contribution in [0, 0.1) is 5.92 Å². The molecule has 6 nitrogen and oxygen atoms in total. The number of carboxylic acid groups (broad SMARTS) is 1. The predicted octanol–water partition coefficient (Wildman–Crippen LogP) is 5.43. The van der Waals surface area contributed by atoms with E-state index < -0.39 is 11.9 Å². The van der Waals surface area contributed by atoms with Crippen molar-refractivity contribution in [3.63, 3.8) is 0 Å². The van der Waals surface area contributed by atoms with E-state index in [9.17, 15) is 9.59 Å². The fourth-order valence-electron chi connectivity index (χ4n) is 3.43. The molecular weight excluding hydrogens is 437 g/mol. The first-order chi connectivity index (χ1) is 15.0. The van der Waals surface area contributed by atoms with Gasteiger partial charge in [0.2, 0.25) is 11.9 Å². The monoisotopic (exact) mass is 457 g/mol. The minimum Gasteiger partial charge on any atom is -0.481 e. The molecule has 0 spiro atoms. The summed E-state index contributed by atoms with van der Waals surface area (Å²) in [4.78, 5) is 33.8. The highest BCUT2D eigenvalue weighted by molar-refractivity contribution is 6.30. The van der Waals surface area contributed by atoms with Gasteiger partial charge in [-0.3, -0.25) is 14.5 Å². The first kappa shape index (κ1) is 22.7. The Balaban J connectivity index is 0.000000330. The molecule has 8 heteroatoms. The Hall–Kier alpha value is -2.96. The molecule has 2 aromatic carbocycles. The third-order valence-corrected chi connectivity index (χ3v) is 5.37. The van der Waals surface area contributed by atoms with E-state index in [1.165, 1.54) is 4.90 Å². The molecule has 2 atom stereocenters. The molecule has 0 saturated carbocycles. The zero-order valence-corrected chi connectivity index (χ0v) is 18.1. The van der Waals surface area contributed by atoms with Crippen LogP contribution in [-0.2, 0) is 9.59 Å². The van der Waals surface area contributed by atoms with E-state index in [-0.39, 0.29) is 24.3 Å². The lowest BCUT2D eigenvalue weighted by molar-refractivity contribution is -0.141. The van der Waals surface area contributed by atoms with E-state index in [0.717, 1.165) is 10.6 Å². The van der Waals surface area contributed by atoms with Gasteiger partial charge in [0.05, 0.1) is 12.5 Å². The summed E-state index contributed by atoms with van der Waals surface area (Å²) in [6.45, 7) is 0. The van der Waals surface area contributed by atoms with E-state index in [4.69, 9.17) is 28.3 Å². The molecule has 1 aliphatic rings. The van der Waals surface area contributed by atoms with Crippen LogP contribution in [0.3, 0.4) is 0 Å². The Morgan fingerprint density at radius 2 is 1.55 bits per heavy atom. The summed E-state index contributed by atoms with van der Waals surface area (Å²) >= 11 is 11.5. The lowest BCUT2D eigenvalue weighted by Crippen LogP contribution is -2.45. The third-order valence-electron chi connectivity index (χ3n) is 4.86. The van der Waals surface area contributed by atoms with Gasteiger partial charge in [-0.15, -0.1) is 0 Å². The number of benzene rings is 2. The number of carbonyl (C=O) groups excluding carboxylic acids is 1. The first-order valence-electron chi connectivity index (χ1n) is 9.73. The molecule has 160 valence electrons. The zero-order chi connectivity index (χ0) is 22.2. The van der Waals surface area contributed by atoms with Crippen molar-refractivity contribution >= 4 is 41.0 Å². The number of amides is 1. The molecule has 1 unspecified atom stereocenters. The molecule has 1 aliphatic heterocycles. The number of halogens is 2. The molecular formula is C23H21Cl2N3O3. The highest BCUT2D eigenvalue weighted by Gasteiger charge is 2.39. The highest BCUT2D eigenvalue weighted by atomic mass is 35.5. The van der Waals surface area contributed by atoms with Crippen LogP contribution in [0.1, 0.15) is 30.9 Å². The van der Waals surface area contributed by atoms with Gasteiger partial charge < -0.3 is 5.11 Å². The van der Waals surface area contributed by atoms with Crippen molar-refractivity contribution in [2.75, 3.05) is 4.90 Å². The van der Waals surface area contributed by atoms with Crippen LogP contribution >= 0.6 is 23.2 Å². The lowest BCUT2D eigenvalue weighted by atomic mass is 9.86. The van der Waals surface area contributed by atoms with Gasteiger partial charge in [0, 0.05) is 28.4 Å². The Labute approximate surface area is 190 Å². The molecule has 4 rings (SSSR count). The number of rotatable bonds is 4. The fraction of sp³-hybridized carbons (Fsp3) is 0.217. The van der Waals surface area contributed by atoms with Crippen molar-refractivity contribution in [3.05, 3.63) is 88.7 Å². The maximum absolute atomic E-state index is 12.9. The van der Waals surface area contributed by atoms with Crippen LogP contribution < -0.4 is 4.90 Å². The standard InChI is InChI=1S/C17H16ClN3O3.C6H5Cl/c18-13-5-2-11(3-6-13)14-7-4-12(10-15(22)23)16(24)21(14)17-19-8-1-9-20-17;7-6-4-2-1-3-5-6/h1-3,5-6,8-9,12,14H,4,7,10H2,(H,22,23);1-5H/t12?,14-;/m0./s1. The molecule has 2 heterocycles. The Morgan fingerprint density at radius 1 is 0.935 bits per heavy atom. The fourth-order valence-corrected chi connectivity index (χ4v) is 3.70. The summed E-state index contributed by atoms with van der Waals surface area (Å²) in [5, 5.41) is 10.4. The van der Waals surface area contributed by atoms with E-state index in [0.29, 0.717) is 17.9 Å². The largest absolute Gasteiger partial charge is 0.481 e. The number of piperidine rings is 1. The van der Waals surface area contributed by atoms with Gasteiger partial charge in [-0.05, 0) is 48.7 Å². The summed E-state index contributed by atoms with van der Waals surface area (Å²) in [5.74, 6) is -1.51. The second-order valence-corrected chi connectivity index (χ2v) is 7.86. The smallest absolute Gasteiger partial charge is 0.304 e. The van der Waals surface area contributed by atoms with Crippen LogP contribution in [0.25, 0.3) is 0 Å². The minimum absolute atomic E-state index is 0.185. The molecule has 0 radical (unpaired) electrons. The van der Waals surface area contributed by atoms with Crippen molar-refractivity contribution in [2.24, 2.45) is 5.92 Å². The van der Waals surface area contributed by atoms with Crippen molar-refractivity contribution in [1.82, 2.24) is 9.97 Å². The van der Waals surface area contributed by atoms with Gasteiger partial charge >= 0.3 is 5.97 Å². The van der Waals surface area contributed by atoms with Gasteiger partial charge in [-0.1, -0.05) is 53.5 Å². The lowest BCUT2D eigenvalue weighted by Gasteiger charge is -2.37. The second-order valence-electron chi connectivity index (χ2n) is 6.99. The quantitative estimate of drug-likeness (QED) is 0.564. The first-order valence-corrected chi connectivity index (χ1v) is 10.5. The third kappa shape index (κ3) is 6.26. The summed E-state index contributed by atoms with van der Waals surface area (Å²) < 4.78 is 0. The molecule has 1 saturated heterocycles. The van der Waals surface area contributed by atoms with Crippen LogP contribution in [0.4, 0.5) is 5.95 Å². The molecule has 1 N–H and O–H groups in total. The maximum Gasteiger partial charge on any atom is 0.304 e. The average Bonchev–Trinajstić information content (AvgIpc) is 2.77. The number of carboxylic acids is 1. The van der Waals surface area contributed by atoms with Crippen molar-refractivity contribution < 1.29 is 14.7 Å². The summed E-state index contributed by atoms with van der Waals surface area (Å²) in [6, 6.07) is 18.2. The molecule has 3 aromatic rings. The Bertz CT molecular complexity index is 1000. The van der Waals surface area contributed by atoms with Crippen LogP contribution in [-0.4, -0.2) is 27.0 Å². The minimum atomic E-state index is -0.979. The normalized spacial score (nSPS) is 18.1. The molecule has 0 aliphatic carbocycles. The van der Waals surface area contributed by atoms with Gasteiger partial charge in [0.15, 0.2) is 0 Å². The predicted molar refractivity (Wildman–Crippen MR) is 120 cm³/mol. The summed E-state index contributed by atoms with van der Waals surface area (Å²) in [7, 11) is 0. The molecule has 31 heavy (non-hydrogen) atoms. The van der Waals surface area contributed by atoms with Crippen LogP contribution in [0.15, 0.2) is 73.1 Å². The SMILES string of the molecule is Clc1ccccc1.O=C(O)CC1CC[C@@H](c2ccc(Cl)cc2)N(c2ncccn2)C1=O. The average molecular weight is 458 g/mol. The molecule has 1 amide bonds. The van der Waals surface area contributed by atoms with E-state index in [1.54, 1.807) is 30.6 Å². The van der Waals surface area contributed by atoms with Crippen molar-refractivity contribution in [2.45, 2.75) is 25.3 Å². The Kier molecular flexibility index (Phi) is 7.98. The highest BCUT2D eigenvalue weighted by Crippen LogP contribution is 2.37.